The summed E-state index contributed by atoms with van der Waals surface area (Å²) in [5.41, 5.74) is 2.28. The minimum absolute atomic E-state index is 0.153. The minimum Gasteiger partial charge on any atom is -0.301 e. The molecule has 0 unspecified atom stereocenters. The maximum atomic E-state index is 12.0. The largest absolute Gasteiger partial charge is 0.301 e. The van der Waals surface area contributed by atoms with Crippen molar-refractivity contribution in [2.24, 2.45) is 0 Å². The molecule has 0 fully saturated rings. The van der Waals surface area contributed by atoms with Crippen LogP contribution >= 0.6 is 23.1 Å². The molecule has 0 aliphatic heterocycles. The molecule has 25 heavy (non-hydrogen) atoms. The predicted octanol–water partition coefficient (Wildman–Crippen LogP) is 2.37. The summed E-state index contributed by atoms with van der Waals surface area (Å²) < 4.78 is 1.63. The zero-order valence-electron chi connectivity index (χ0n) is 12.7. The van der Waals surface area contributed by atoms with Crippen molar-refractivity contribution in [2.45, 2.75) is 5.16 Å². The first-order valence-corrected chi connectivity index (χ1v) is 9.11. The van der Waals surface area contributed by atoms with Gasteiger partial charge in [0.1, 0.15) is 0 Å². The second-order valence-corrected chi connectivity index (χ2v) is 6.72. The second kappa shape index (κ2) is 6.95. The number of rotatable bonds is 5. The van der Waals surface area contributed by atoms with Gasteiger partial charge in [-0.3, -0.25) is 9.78 Å². The second-order valence-electron chi connectivity index (χ2n) is 4.89. The summed E-state index contributed by atoms with van der Waals surface area (Å²) >= 11 is 2.64. The zero-order valence-corrected chi connectivity index (χ0v) is 14.4. The van der Waals surface area contributed by atoms with Crippen molar-refractivity contribution >= 4 is 39.8 Å². The van der Waals surface area contributed by atoms with E-state index in [1.165, 1.54) is 23.1 Å². The van der Waals surface area contributed by atoms with Crippen molar-refractivity contribution in [3.8, 4) is 11.3 Å². The van der Waals surface area contributed by atoms with Crippen molar-refractivity contribution in [3.05, 3.63) is 48.2 Å². The number of hydrogen-bond acceptors (Lipinski definition) is 8. The maximum Gasteiger partial charge on any atom is 0.236 e. The number of carbonyl (C=O) groups is 1. The summed E-state index contributed by atoms with van der Waals surface area (Å²) in [6, 6.07) is 7.48. The number of nitrogens with zero attached hydrogens (tertiary/aromatic N) is 6. The zero-order chi connectivity index (χ0) is 17.1. The molecule has 0 aliphatic carbocycles. The maximum absolute atomic E-state index is 12.0. The first-order valence-electron chi connectivity index (χ1n) is 7.24. The molecule has 0 radical (unpaired) electrons. The number of carbonyl (C=O) groups excluding carboxylic acids is 1. The van der Waals surface area contributed by atoms with Gasteiger partial charge in [0.15, 0.2) is 10.8 Å². The molecule has 4 aromatic heterocycles. The number of nitrogens with one attached hydrogen (secondary N) is 1. The number of aromatic nitrogens is 6. The van der Waals surface area contributed by atoms with Gasteiger partial charge in [-0.05, 0) is 24.3 Å². The van der Waals surface area contributed by atoms with E-state index in [4.69, 9.17) is 0 Å². The van der Waals surface area contributed by atoms with E-state index in [1.807, 2.05) is 24.3 Å². The first-order chi connectivity index (χ1) is 12.3. The molecule has 0 aliphatic rings. The Hall–Kier alpha value is -2.85. The molecule has 0 saturated carbocycles. The Morgan fingerprint density at radius 3 is 3.00 bits per heavy atom. The number of hydrogen-bond donors (Lipinski definition) is 1. The van der Waals surface area contributed by atoms with Crippen LogP contribution < -0.4 is 5.32 Å². The average molecular weight is 369 g/mol. The van der Waals surface area contributed by atoms with Crippen LogP contribution in [-0.2, 0) is 4.79 Å². The lowest BCUT2D eigenvalue weighted by Gasteiger charge is -2.03. The lowest BCUT2D eigenvalue weighted by atomic mass is 10.2. The van der Waals surface area contributed by atoms with Crippen LogP contribution in [-0.4, -0.2) is 41.4 Å². The number of thiazole rings is 1. The van der Waals surface area contributed by atoms with Gasteiger partial charge in [0.05, 0.1) is 11.4 Å². The van der Waals surface area contributed by atoms with Gasteiger partial charge in [0.25, 0.3) is 0 Å². The number of anilines is 1. The highest BCUT2D eigenvalue weighted by molar-refractivity contribution is 7.99. The van der Waals surface area contributed by atoms with Gasteiger partial charge < -0.3 is 5.32 Å². The van der Waals surface area contributed by atoms with Gasteiger partial charge in [-0.15, -0.1) is 21.5 Å². The van der Waals surface area contributed by atoms with Crippen LogP contribution in [0.3, 0.4) is 0 Å². The summed E-state index contributed by atoms with van der Waals surface area (Å²) in [6.07, 6.45) is 5.10. The van der Waals surface area contributed by atoms with Crippen LogP contribution in [0.5, 0.6) is 0 Å². The third-order valence-corrected chi connectivity index (χ3v) is 4.81. The molecule has 4 rings (SSSR count). The molecular weight excluding hydrogens is 358 g/mol. The lowest BCUT2D eigenvalue weighted by Crippen LogP contribution is -2.14. The Labute approximate surface area is 150 Å². The van der Waals surface area contributed by atoms with Gasteiger partial charge >= 0.3 is 0 Å². The normalized spacial score (nSPS) is 10.9. The highest BCUT2D eigenvalue weighted by Gasteiger charge is 2.12. The SMILES string of the molecule is O=C(CSc1nnc2ccc(-c3cccnc3)nn12)Nc1nccs1. The highest BCUT2D eigenvalue weighted by atomic mass is 32.2. The van der Waals surface area contributed by atoms with Crippen LogP contribution in [0.4, 0.5) is 5.13 Å². The van der Waals surface area contributed by atoms with Gasteiger partial charge in [-0.2, -0.15) is 9.61 Å². The Bertz CT molecular complexity index is 1000. The van der Waals surface area contributed by atoms with Crippen LogP contribution in [0.2, 0.25) is 0 Å². The Kier molecular flexibility index (Phi) is 4.36. The summed E-state index contributed by atoms with van der Waals surface area (Å²) in [7, 11) is 0. The van der Waals surface area contributed by atoms with Crippen LogP contribution in [0.1, 0.15) is 0 Å². The molecule has 0 spiro atoms. The predicted molar refractivity (Wildman–Crippen MR) is 95.5 cm³/mol. The molecule has 1 amide bonds. The highest BCUT2D eigenvalue weighted by Crippen LogP contribution is 2.20. The summed E-state index contributed by atoms with van der Waals surface area (Å²) in [6.45, 7) is 0. The first kappa shape index (κ1) is 15.7. The van der Waals surface area contributed by atoms with E-state index in [9.17, 15) is 4.79 Å². The molecule has 10 heteroatoms. The standard InChI is InChI=1S/C15H11N7OS2/c23-13(18-14-17-6-7-24-14)9-25-15-20-19-12-4-3-11(21-22(12)15)10-2-1-5-16-8-10/h1-8H,9H2,(H,17,18,23). The van der Waals surface area contributed by atoms with Gasteiger partial charge in [0.2, 0.25) is 11.1 Å². The number of thioether (sulfide) groups is 1. The Morgan fingerprint density at radius 1 is 1.24 bits per heavy atom. The molecule has 8 nitrogen and oxygen atoms in total. The molecule has 4 heterocycles. The van der Waals surface area contributed by atoms with E-state index in [-0.39, 0.29) is 11.7 Å². The van der Waals surface area contributed by atoms with Gasteiger partial charge in [-0.25, -0.2) is 4.98 Å². The molecule has 0 bridgehead atoms. The third-order valence-electron chi connectivity index (χ3n) is 3.20. The third kappa shape index (κ3) is 3.49. The Morgan fingerprint density at radius 2 is 2.20 bits per heavy atom. The van der Waals surface area contributed by atoms with Crippen LogP contribution in [0.15, 0.2) is 53.4 Å². The lowest BCUT2D eigenvalue weighted by molar-refractivity contribution is -0.113. The summed E-state index contributed by atoms with van der Waals surface area (Å²) in [5.74, 6) is 0.0410. The van der Waals surface area contributed by atoms with Crippen molar-refractivity contribution in [2.75, 3.05) is 11.1 Å². The topological polar surface area (TPSA) is 98.0 Å². The molecule has 1 N–H and O–H groups in total. The molecule has 0 atom stereocenters. The van der Waals surface area contributed by atoms with Crippen molar-refractivity contribution in [1.82, 2.24) is 29.8 Å². The van der Waals surface area contributed by atoms with Crippen molar-refractivity contribution < 1.29 is 4.79 Å². The van der Waals surface area contributed by atoms with E-state index in [0.717, 1.165) is 11.3 Å². The van der Waals surface area contributed by atoms with Crippen molar-refractivity contribution in [3.63, 3.8) is 0 Å². The molecule has 124 valence electrons. The van der Waals surface area contributed by atoms with Crippen LogP contribution in [0.25, 0.3) is 16.9 Å². The van der Waals surface area contributed by atoms with E-state index in [2.05, 4.69) is 30.6 Å². The van der Waals surface area contributed by atoms with E-state index in [1.54, 1.807) is 28.5 Å². The summed E-state index contributed by atoms with van der Waals surface area (Å²) in [4.78, 5) is 20.1. The number of amides is 1. The van der Waals surface area contributed by atoms with Crippen molar-refractivity contribution in [1.29, 1.82) is 0 Å². The molecule has 0 saturated heterocycles. The minimum atomic E-state index is -0.153. The van der Waals surface area contributed by atoms with E-state index in [0.29, 0.717) is 15.9 Å². The van der Waals surface area contributed by atoms with E-state index >= 15 is 0 Å². The van der Waals surface area contributed by atoms with Gasteiger partial charge in [-0.1, -0.05) is 11.8 Å². The Balaban J connectivity index is 1.52. The van der Waals surface area contributed by atoms with E-state index < -0.39 is 0 Å². The monoisotopic (exact) mass is 369 g/mol. The smallest absolute Gasteiger partial charge is 0.236 e. The quantitative estimate of drug-likeness (QED) is 0.539. The number of fused-ring (bicyclic) bond motifs is 1. The summed E-state index contributed by atoms with van der Waals surface area (Å²) in [5, 5.41) is 18.4. The molecule has 4 aromatic rings. The molecule has 0 aromatic carbocycles. The average Bonchev–Trinajstić information content (AvgIpc) is 3.30. The van der Waals surface area contributed by atoms with Crippen LogP contribution in [0, 0.1) is 0 Å². The fraction of sp³-hybridized carbons (Fsp3) is 0.0667. The fourth-order valence-corrected chi connectivity index (χ4v) is 3.33. The number of pyridine rings is 1. The molecular formula is C15H11N7OS2. The van der Waals surface area contributed by atoms with Gasteiger partial charge in [0, 0.05) is 29.5 Å². The fourth-order valence-electron chi connectivity index (χ4n) is 2.10.